The number of halogens is 2. The van der Waals surface area contributed by atoms with E-state index in [1.54, 1.807) is 48.5 Å². The average Bonchev–Trinajstić information content (AvgIpc) is 2.81. The van der Waals surface area contributed by atoms with Crippen LogP contribution in [0.3, 0.4) is 0 Å². The van der Waals surface area contributed by atoms with E-state index in [1.807, 2.05) is 26.0 Å². The van der Waals surface area contributed by atoms with Gasteiger partial charge in [-0.25, -0.2) is 9.69 Å². The Morgan fingerprint density at radius 2 is 1.68 bits per heavy atom. The summed E-state index contributed by atoms with van der Waals surface area (Å²) in [6.07, 6.45) is 1.45. The second-order valence-corrected chi connectivity index (χ2v) is 8.60. The molecule has 1 fully saturated rings. The zero-order valence-electron chi connectivity index (χ0n) is 18.4. The molecule has 34 heavy (non-hydrogen) atoms. The van der Waals surface area contributed by atoms with Crippen LogP contribution < -0.4 is 15.0 Å². The van der Waals surface area contributed by atoms with Crippen molar-refractivity contribution in [3.8, 4) is 5.75 Å². The van der Waals surface area contributed by atoms with Crippen molar-refractivity contribution in [2.45, 2.75) is 20.5 Å². The second kappa shape index (κ2) is 9.71. The lowest BCUT2D eigenvalue weighted by Gasteiger charge is -2.28. The van der Waals surface area contributed by atoms with Gasteiger partial charge in [-0.1, -0.05) is 53.5 Å². The van der Waals surface area contributed by atoms with E-state index >= 15 is 0 Å². The second-order valence-electron chi connectivity index (χ2n) is 7.78. The highest BCUT2D eigenvalue weighted by Gasteiger charge is 2.37. The van der Waals surface area contributed by atoms with Gasteiger partial charge in [-0.05, 0) is 72.5 Å². The molecule has 1 N–H and O–H groups in total. The maximum absolute atomic E-state index is 13.1. The number of amides is 4. The van der Waals surface area contributed by atoms with Crippen LogP contribution in [-0.2, 0) is 16.2 Å². The summed E-state index contributed by atoms with van der Waals surface area (Å²) in [7, 11) is 0. The number of nitrogens with one attached hydrogen (secondary N) is 1. The van der Waals surface area contributed by atoms with E-state index < -0.39 is 17.8 Å². The summed E-state index contributed by atoms with van der Waals surface area (Å²) < 4.78 is 5.77. The largest absolute Gasteiger partial charge is 0.489 e. The normalized spacial score (nSPS) is 15.0. The van der Waals surface area contributed by atoms with Crippen molar-refractivity contribution in [2.75, 3.05) is 4.90 Å². The molecule has 0 radical (unpaired) electrons. The molecule has 0 spiro atoms. The minimum absolute atomic E-state index is 0.134. The minimum atomic E-state index is -0.771. The Labute approximate surface area is 206 Å². The predicted octanol–water partition coefficient (Wildman–Crippen LogP) is 5.86. The molecule has 0 saturated carbocycles. The number of nitrogens with zero attached hydrogens (tertiary/aromatic N) is 1. The van der Waals surface area contributed by atoms with Crippen molar-refractivity contribution >= 4 is 52.8 Å². The molecule has 3 aromatic carbocycles. The molecule has 1 aliphatic rings. The molecular weight excluding hydrogens is 475 g/mol. The number of hydrogen-bond donors (Lipinski definition) is 1. The molecule has 0 aromatic heterocycles. The van der Waals surface area contributed by atoms with Crippen LogP contribution in [0, 0.1) is 13.8 Å². The summed E-state index contributed by atoms with van der Waals surface area (Å²) in [6, 6.07) is 16.7. The number of urea groups is 1. The van der Waals surface area contributed by atoms with Crippen LogP contribution in [0.2, 0.25) is 10.0 Å². The lowest BCUT2D eigenvalue weighted by atomic mass is 10.0. The van der Waals surface area contributed by atoms with E-state index in [4.69, 9.17) is 27.9 Å². The molecular formula is C26H20Cl2N2O4. The van der Waals surface area contributed by atoms with Crippen molar-refractivity contribution < 1.29 is 19.1 Å². The summed E-state index contributed by atoms with van der Waals surface area (Å²) in [5, 5.41) is 3.17. The Kier molecular flexibility index (Phi) is 6.72. The number of imide groups is 2. The summed E-state index contributed by atoms with van der Waals surface area (Å²) >= 11 is 12.0. The van der Waals surface area contributed by atoms with Gasteiger partial charge in [0.2, 0.25) is 0 Å². The number of carbonyl (C=O) groups is 3. The fourth-order valence-corrected chi connectivity index (χ4v) is 3.80. The van der Waals surface area contributed by atoms with Gasteiger partial charge in [0.25, 0.3) is 11.8 Å². The molecule has 0 unspecified atom stereocenters. The highest BCUT2D eigenvalue weighted by atomic mass is 35.5. The molecule has 1 heterocycles. The van der Waals surface area contributed by atoms with Gasteiger partial charge in [-0.15, -0.1) is 0 Å². The Balaban J connectivity index is 1.53. The first-order chi connectivity index (χ1) is 16.2. The Morgan fingerprint density at radius 3 is 2.38 bits per heavy atom. The number of hydrogen-bond acceptors (Lipinski definition) is 4. The number of carbonyl (C=O) groups excluding carboxylic acids is 3. The Bertz CT molecular complexity index is 1330. The lowest BCUT2D eigenvalue weighted by Crippen LogP contribution is -2.54. The molecule has 1 saturated heterocycles. The third kappa shape index (κ3) is 4.83. The smallest absolute Gasteiger partial charge is 0.335 e. The van der Waals surface area contributed by atoms with E-state index in [1.165, 1.54) is 6.08 Å². The number of benzene rings is 3. The number of aryl methyl sites for hydroxylation is 1. The molecule has 172 valence electrons. The summed E-state index contributed by atoms with van der Waals surface area (Å²) in [5.74, 6) is -0.821. The van der Waals surface area contributed by atoms with Crippen LogP contribution in [0.1, 0.15) is 22.3 Å². The lowest BCUT2D eigenvalue weighted by molar-refractivity contribution is -0.122. The van der Waals surface area contributed by atoms with E-state index in [-0.39, 0.29) is 5.57 Å². The van der Waals surface area contributed by atoms with E-state index in [9.17, 15) is 14.4 Å². The number of ether oxygens (including phenoxy) is 1. The molecule has 1 aliphatic heterocycles. The summed E-state index contributed by atoms with van der Waals surface area (Å²) in [6.45, 7) is 4.01. The van der Waals surface area contributed by atoms with Gasteiger partial charge >= 0.3 is 6.03 Å². The molecule has 6 nitrogen and oxygen atoms in total. The van der Waals surface area contributed by atoms with Crippen molar-refractivity contribution in [3.63, 3.8) is 0 Å². The van der Waals surface area contributed by atoms with Crippen molar-refractivity contribution in [2.24, 2.45) is 0 Å². The average molecular weight is 495 g/mol. The molecule has 4 amide bonds. The maximum atomic E-state index is 13.1. The van der Waals surface area contributed by atoms with Gasteiger partial charge in [-0.2, -0.15) is 0 Å². The molecule has 8 heteroatoms. The van der Waals surface area contributed by atoms with Crippen LogP contribution >= 0.6 is 23.2 Å². The standard InChI is InChI=1S/C26H20Cl2N2O4/c1-15-4-3-5-23(16(15)2)30-25(32)20(24(31)29-26(30)33)12-17-6-9-19(10-7-17)34-14-18-8-11-21(27)22(28)13-18/h3-13H,14H2,1-2H3,(H,29,31,33)/b20-12+. The minimum Gasteiger partial charge on any atom is -0.489 e. The van der Waals surface area contributed by atoms with Crippen LogP contribution in [0.5, 0.6) is 5.75 Å². The first-order valence-electron chi connectivity index (χ1n) is 10.4. The van der Waals surface area contributed by atoms with Gasteiger partial charge in [0.1, 0.15) is 17.9 Å². The zero-order chi connectivity index (χ0) is 24.4. The topological polar surface area (TPSA) is 75.7 Å². The number of rotatable bonds is 5. The number of anilines is 1. The Morgan fingerprint density at radius 1 is 0.941 bits per heavy atom. The monoisotopic (exact) mass is 494 g/mol. The summed E-state index contributed by atoms with van der Waals surface area (Å²) in [4.78, 5) is 39.0. The van der Waals surface area contributed by atoms with Gasteiger partial charge in [0.05, 0.1) is 15.7 Å². The molecule has 4 rings (SSSR count). The van der Waals surface area contributed by atoms with Gasteiger partial charge in [0, 0.05) is 0 Å². The van der Waals surface area contributed by atoms with Crippen LogP contribution in [0.15, 0.2) is 66.2 Å². The quantitative estimate of drug-likeness (QED) is 0.356. The van der Waals surface area contributed by atoms with Crippen molar-refractivity contribution in [3.05, 3.63) is 98.5 Å². The van der Waals surface area contributed by atoms with Crippen molar-refractivity contribution in [1.29, 1.82) is 0 Å². The van der Waals surface area contributed by atoms with Crippen LogP contribution in [0.25, 0.3) is 6.08 Å². The Hall–Kier alpha value is -3.61. The highest BCUT2D eigenvalue weighted by Crippen LogP contribution is 2.27. The predicted molar refractivity (Wildman–Crippen MR) is 132 cm³/mol. The number of barbiturate groups is 1. The first kappa shape index (κ1) is 23.5. The molecule has 0 atom stereocenters. The third-order valence-electron chi connectivity index (χ3n) is 5.50. The van der Waals surface area contributed by atoms with Crippen LogP contribution in [0.4, 0.5) is 10.5 Å². The van der Waals surface area contributed by atoms with E-state index in [2.05, 4.69) is 5.32 Å². The van der Waals surface area contributed by atoms with Gasteiger partial charge < -0.3 is 4.74 Å². The summed E-state index contributed by atoms with van der Waals surface area (Å²) in [5.41, 5.74) is 3.48. The SMILES string of the molecule is Cc1cccc(N2C(=O)NC(=O)/C(=C\c3ccc(OCc4ccc(Cl)c(Cl)c4)cc3)C2=O)c1C. The van der Waals surface area contributed by atoms with Gasteiger partial charge in [-0.3, -0.25) is 14.9 Å². The molecule has 0 aliphatic carbocycles. The van der Waals surface area contributed by atoms with E-state index in [0.29, 0.717) is 33.7 Å². The third-order valence-corrected chi connectivity index (χ3v) is 6.24. The highest BCUT2D eigenvalue weighted by molar-refractivity contribution is 6.42. The van der Waals surface area contributed by atoms with Crippen LogP contribution in [-0.4, -0.2) is 17.8 Å². The zero-order valence-corrected chi connectivity index (χ0v) is 19.9. The molecule has 0 bridgehead atoms. The molecule has 3 aromatic rings. The first-order valence-corrected chi connectivity index (χ1v) is 11.1. The maximum Gasteiger partial charge on any atom is 0.335 e. The fourth-order valence-electron chi connectivity index (χ4n) is 3.48. The van der Waals surface area contributed by atoms with E-state index in [0.717, 1.165) is 21.6 Å². The van der Waals surface area contributed by atoms with Crippen molar-refractivity contribution in [1.82, 2.24) is 5.32 Å². The fraction of sp³-hybridized carbons (Fsp3) is 0.115. The van der Waals surface area contributed by atoms with Gasteiger partial charge in [0.15, 0.2) is 0 Å².